The molecule has 20 heavy (non-hydrogen) atoms. The highest BCUT2D eigenvalue weighted by molar-refractivity contribution is 6.32. The number of hydrogen-bond donors (Lipinski definition) is 2. The molecular formula is C14H15ClN4O. The second kappa shape index (κ2) is 5.64. The van der Waals surface area contributed by atoms with Gasteiger partial charge in [0.25, 0.3) is 0 Å². The van der Waals surface area contributed by atoms with Crippen LogP contribution in [-0.2, 0) is 4.79 Å². The molecule has 3 rings (SSSR count). The first-order valence-corrected chi connectivity index (χ1v) is 6.94. The second-order valence-corrected chi connectivity index (χ2v) is 5.18. The first-order chi connectivity index (χ1) is 9.74. The van der Waals surface area contributed by atoms with Gasteiger partial charge in [-0.15, -0.1) is 0 Å². The van der Waals surface area contributed by atoms with Gasteiger partial charge in [-0.25, -0.2) is 4.98 Å². The van der Waals surface area contributed by atoms with Crippen molar-refractivity contribution in [3.8, 4) is 5.69 Å². The summed E-state index contributed by atoms with van der Waals surface area (Å²) in [6.45, 7) is 0.901. The smallest absolute Gasteiger partial charge is 0.241 e. The van der Waals surface area contributed by atoms with E-state index in [1.165, 1.54) is 0 Å². The Bertz CT molecular complexity index is 606. The number of carbonyl (C=O) groups excluding carboxylic acids is 1. The van der Waals surface area contributed by atoms with Gasteiger partial charge in [-0.05, 0) is 37.6 Å². The second-order valence-electron chi connectivity index (χ2n) is 4.77. The van der Waals surface area contributed by atoms with E-state index in [-0.39, 0.29) is 11.9 Å². The number of rotatable bonds is 3. The Balaban J connectivity index is 1.75. The topological polar surface area (TPSA) is 59.0 Å². The zero-order valence-corrected chi connectivity index (χ0v) is 11.6. The molecule has 1 aliphatic heterocycles. The van der Waals surface area contributed by atoms with Gasteiger partial charge < -0.3 is 15.2 Å². The van der Waals surface area contributed by atoms with Gasteiger partial charge in [0.2, 0.25) is 5.91 Å². The fraction of sp³-hybridized carbons (Fsp3) is 0.286. The van der Waals surface area contributed by atoms with E-state index in [1.54, 1.807) is 18.6 Å². The van der Waals surface area contributed by atoms with E-state index < -0.39 is 0 Å². The molecular weight excluding hydrogens is 276 g/mol. The Kier molecular flexibility index (Phi) is 3.71. The largest absolute Gasteiger partial charge is 0.325 e. The maximum absolute atomic E-state index is 12.0. The predicted molar refractivity (Wildman–Crippen MR) is 78.2 cm³/mol. The highest BCUT2D eigenvalue weighted by atomic mass is 35.5. The van der Waals surface area contributed by atoms with Crippen molar-refractivity contribution in [3.05, 3.63) is 41.9 Å². The number of hydrogen-bond acceptors (Lipinski definition) is 3. The van der Waals surface area contributed by atoms with Crippen LogP contribution in [0, 0.1) is 0 Å². The summed E-state index contributed by atoms with van der Waals surface area (Å²) in [6, 6.07) is 5.36. The monoisotopic (exact) mass is 290 g/mol. The Hall–Kier alpha value is -1.85. The zero-order chi connectivity index (χ0) is 13.9. The van der Waals surface area contributed by atoms with Crippen LogP contribution in [0.2, 0.25) is 5.02 Å². The number of nitrogens with one attached hydrogen (secondary N) is 2. The summed E-state index contributed by atoms with van der Waals surface area (Å²) < 4.78 is 1.83. The molecule has 2 N–H and O–H groups in total. The fourth-order valence-electron chi connectivity index (χ4n) is 2.33. The number of anilines is 1. The molecule has 0 aliphatic carbocycles. The molecule has 0 radical (unpaired) electrons. The summed E-state index contributed by atoms with van der Waals surface area (Å²) >= 11 is 6.25. The molecule has 1 aliphatic rings. The third kappa shape index (κ3) is 2.69. The van der Waals surface area contributed by atoms with Crippen LogP contribution in [0.4, 0.5) is 5.69 Å². The normalized spacial score (nSPS) is 18.1. The fourth-order valence-corrected chi connectivity index (χ4v) is 2.61. The summed E-state index contributed by atoms with van der Waals surface area (Å²) in [5.41, 5.74) is 1.54. The molecule has 2 aromatic rings. The van der Waals surface area contributed by atoms with Crippen LogP contribution in [0.5, 0.6) is 0 Å². The maximum atomic E-state index is 12.0. The number of benzene rings is 1. The van der Waals surface area contributed by atoms with Gasteiger partial charge in [-0.1, -0.05) is 11.6 Å². The van der Waals surface area contributed by atoms with Gasteiger partial charge >= 0.3 is 0 Å². The quantitative estimate of drug-likeness (QED) is 0.911. The Morgan fingerprint density at radius 3 is 3.05 bits per heavy atom. The molecule has 5 nitrogen and oxygen atoms in total. The molecule has 1 aromatic heterocycles. The van der Waals surface area contributed by atoms with Gasteiger partial charge in [0, 0.05) is 18.1 Å². The lowest BCUT2D eigenvalue weighted by molar-refractivity contribution is -0.117. The summed E-state index contributed by atoms with van der Waals surface area (Å²) in [4.78, 5) is 16.0. The minimum absolute atomic E-state index is 0.00560. The molecule has 104 valence electrons. The summed E-state index contributed by atoms with van der Waals surface area (Å²) in [5, 5.41) is 6.62. The molecule has 0 bridgehead atoms. The van der Waals surface area contributed by atoms with Crippen molar-refractivity contribution in [1.82, 2.24) is 14.9 Å². The van der Waals surface area contributed by atoms with E-state index in [1.807, 2.05) is 22.9 Å². The summed E-state index contributed by atoms with van der Waals surface area (Å²) in [6.07, 6.45) is 7.12. The standard InChI is InChI=1S/C14H15ClN4O/c15-11-8-10(18-14(20)12-2-1-5-17-12)3-4-13(11)19-7-6-16-9-19/h3-4,6-9,12,17H,1-2,5H2,(H,18,20). The average molecular weight is 291 g/mol. The molecule has 0 saturated carbocycles. The van der Waals surface area contributed by atoms with Gasteiger partial charge in [-0.3, -0.25) is 4.79 Å². The van der Waals surface area contributed by atoms with Crippen molar-refractivity contribution < 1.29 is 4.79 Å². The van der Waals surface area contributed by atoms with Crippen LogP contribution in [0.15, 0.2) is 36.9 Å². The predicted octanol–water partition coefficient (Wildman–Crippen LogP) is 2.22. The van der Waals surface area contributed by atoms with E-state index in [4.69, 9.17) is 11.6 Å². The third-order valence-corrected chi connectivity index (χ3v) is 3.68. The van der Waals surface area contributed by atoms with Crippen molar-refractivity contribution >= 4 is 23.2 Å². The van der Waals surface area contributed by atoms with E-state index in [0.29, 0.717) is 10.7 Å². The molecule has 1 fully saturated rings. The first kappa shape index (κ1) is 13.1. The Morgan fingerprint density at radius 1 is 1.50 bits per heavy atom. The van der Waals surface area contributed by atoms with Crippen LogP contribution in [0.1, 0.15) is 12.8 Å². The van der Waals surface area contributed by atoms with Crippen LogP contribution in [0.25, 0.3) is 5.69 Å². The minimum Gasteiger partial charge on any atom is -0.325 e. The van der Waals surface area contributed by atoms with Crippen molar-refractivity contribution in [3.63, 3.8) is 0 Å². The van der Waals surface area contributed by atoms with Crippen LogP contribution < -0.4 is 10.6 Å². The van der Waals surface area contributed by atoms with Gasteiger partial charge in [0.15, 0.2) is 0 Å². The highest BCUT2D eigenvalue weighted by Crippen LogP contribution is 2.24. The zero-order valence-electron chi connectivity index (χ0n) is 10.8. The van der Waals surface area contributed by atoms with Crippen molar-refractivity contribution in [2.24, 2.45) is 0 Å². The number of nitrogens with zero attached hydrogens (tertiary/aromatic N) is 2. The molecule has 1 saturated heterocycles. The third-order valence-electron chi connectivity index (χ3n) is 3.37. The molecule has 2 heterocycles. The Morgan fingerprint density at radius 2 is 2.40 bits per heavy atom. The number of imidazole rings is 1. The van der Waals surface area contributed by atoms with Crippen LogP contribution in [-0.4, -0.2) is 28.0 Å². The number of aromatic nitrogens is 2. The molecule has 1 amide bonds. The molecule has 1 unspecified atom stereocenters. The molecule has 1 atom stereocenters. The van der Waals surface area contributed by atoms with Crippen molar-refractivity contribution in [1.29, 1.82) is 0 Å². The first-order valence-electron chi connectivity index (χ1n) is 6.56. The number of amides is 1. The SMILES string of the molecule is O=C(Nc1ccc(-n2ccnc2)c(Cl)c1)C1CCCN1. The van der Waals surface area contributed by atoms with Crippen molar-refractivity contribution in [2.45, 2.75) is 18.9 Å². The average Bonchev–Trinajstić information content (AvgIpc) is 3.12. The summed E-state index contributed by atoms with van der Waals surface area (Å²) in [5.74, 6) is -0.00560. The van der Waals surface area contributed by atoms with Gasteiger partial charge in [0.1, 0.15) is 0 Å². The molecule has 6 heteroatoms. The lowest BCUT2D eigenvalue weighted by atomic mass is 10.2. The van der Waals surface area contributed by atoms with E-state index in [9.17, 15) is 4.79 Å². The number of halogens is 1. The summed E-state index contributed by atoms with van der Waals surface area (Å²) in [7, 11) is 0. The van der Waals surface area contributed by atoms with E-state index >= 15 is 0 Å². The van der Waals surface area contributed by atoms with Crippen LogP contribution >= 0.6 is 11.6 Å². The van der Waals surface area contributed by atoms with Gasteiger partial charge in [-0.2, -0.15) is 0 Å². The Labute approximate surface area is 122 Å². The van der Waals surface area contributed by atoms with Crippen molar-refractivity contribution in [2.75, 3.05) is 11.9 Å². The van der Waals surface area contributed by atoms with Crippen LogP contribution in [0.3, 0.4) is 0 Å². The number of carbonyl (C=O) groups is 1. The molecule has 1 aromatic carbocycles. The lowest BCUT2D eigenvalue weighted by Gasteiger charge is -2.12. The van der Waals surface area contributed by atoms with Gasteiger partial charge in [0.05, 0.1) is 23.1 Å². The molecule has 0 spiro atoms. The van der Waals surface area contributed by atoms with E-state index in [2.05, 4.69) is 15.6 Å². The maximum Gasteiger partial charge on any atom is 0.241 e. The van der Waals surface area contributed by atoms with E-state index in [0.717, 1.165) is 25.1 Å². The highest BCUT2D eigenvalue weighted by Gasteiger charge is 2.22. The lowest BCUT2D eigenvalue weighted by Crippen LogP contribution is -2.35. The minimum atomic E-state index is -0.0953.